The van der Waals surface area contributed by atoms with E-state index < -0.39 is 0 Å². The summed E-state index contributed by atoms with van der Waals surface area (Å²) in [5, 5.41) is 2.37. The molecule has 90 valence electrons. The van der Waals surface area contributed by atoms with Gasteiger partial charge in [-0.25, -0.2) is 4.98 Å². The predicted molar refractivity (Wildman–Crippen MR) is 68.5 cm³/mol. The number of hydrogen-bond donors (Lipinski definition) is 1. The van der Waals surface area contributed by atoms with Crippen LogP contribution in [0.4, 0.5) is 0 Å². The number of nitrogens with zero attached hydrogens (tertiary/aromatic N) is 2. The number of aromatic nitrogens is 2. The summed E-state index contributed by atoms with van der Waals surface area (Å²) in [6.07, 6.45) is 6.90. The molecule has 0 bridgehead atoms. The van der Waals surface area contributed by atoms with Crippen molar-refractivity contribution in [3.63, 3.8) is 0 Å². The van der Waals surface area contributed by atoms with Crippen LogP contribution in [0, 0.1) is 6.92 Å². The molecule has 3 heteroatoms. The molecule has 0 atom stereocenters. The van der Waals surface area contributed by atoms with Crippen LogP contribution in [0.3, 0.4) is 0 Å². The normalized spacial score (nSPS) is 10.6. The third kappa shape index (κ3) is 3.71. The van der Waals surface area contributed by atoms with Crippen molar-refractivity contribution in [2.24, 2.45) is 0 Å². The molecule has 0 aliphatic rings. The Morgan fingerprint density at radius 3 is 2.94 bits per heavy atom. The van der Waals surface area contributed by atoms with Crippen molar-refractivity contribution in [2.45, 2.75) is 26.4 Å². The standard InChI is InChI=1S/C14H19N3/c1-13-5-2-3-6-14(13)11-15-7-4-9-17-10-8-16-12-17/h2-3,5-6,8,10,12,15H,4,7,9,11H2,1H3/p+1. The molecular formula is C14H20N3+. The second-order valence-corrected chi connectivity index (χ2v) is 4.36. The van der Waals surface area contributed by atoms with Crippen LogP contribution in [0.25, 0.3) is 0 Å². The zero-order chi connectivity index (χ0) is 11.9. The van der Waals surface area contributed by atoms with Crippen molar-refractivity contribution in [1.29, 1.82) is 0 Å². The van der Waals surface area contributed by atoms with Crippen molar-refractivity contribution in [3.8, 4) is 0 Å². The summed E-state index contributed by atoms with van der Waals surface area (Å²) in [5.74, 6) is 0. The fourth-order valence-electron chi connectivity index (χ4n) is 1.93. The summed E-state index contributed by atoms with van der Waals surface area (Å²) < 4.78 is 2.13. The molecule has 0 saturated carbocycles. The molecule has 0 radical (unpaired) electrons. The number of quaternary nitrogens is 1. The molecule has 2 aromatic rings. The molecule has 2 rings (SSSR count). The van der Waals surface area contributed by atoms with Crippen molar-refractivity contribution in [2.75, 3.05) is 6.54 Å². The molecule has 0 unspecified atom stereocenters. The van der Waals surface area contributed by atoms with E-state index in [-0.39, 0.29) is 0 Å². The van der Waals surface area contributed by atoms with E-state index in [1.807, 2.05) is 18.7 Å². The Kier molecular flexibility index (Phi) is 4.33. The lowest BCUT2D eigenvalue weighted by molar-refractivity contribution is -0.671. The Bertz CT molecular complexity index is 434. The summed E-state index contributed by atoms with van der Waals surface area (Å²) in [6, 6.07) is 8.59. The highest BCUT2D eigenvalue weighted by Crippen LogP contribution is 2.04. The van der Waals surface area contributed by atoms with Gasteiger partial charge >= 0.3 is 0 Å². The van der Waals surface area contributed by atoms with Gasteiger partial charge in [0.15, 0.2) is 0 Å². The van der Waals surface area contributed by atoms with E-state index in [4.69, 9.17) is 0 Å². The Morgan fingerprint density at radius 1 is 1.29 bits per heavy atom. The van der Waals surface area contributed by atoms with Crippen LogP contribution in [-0.4, -0.2) is 16.1 Å². The summed E-state index contributed by atoms with van der Waals surface area (Å²) in [4.78, 5) is 4.03. The van der Waals surface area contributed by atoms with E-state index in [2.05, 4.69) is 46.1 Å². The summed E-state index contributed by atoms with van der Waals surface area (Å²) in [7, 11) is 0. The molecule has 17 heavy (non-hydrogen) atoms. The second kappa shape index (κ2) is 6.21. The third-order valence-corrected chi connectivity index (χ3v) is 3.01. The van der Waals surface area contributed by atoms with Crippen LogP contribution in [0.5, 0.6) is 0 Å². The maximum absolute atomic E-state index is 4.03. The first-order chi connectivity index (χ1) is 8.36. The lowest BCUT2D eigenvalue weighted by Gasteiger charge is -2.05. The van der Waals surface area contributed by atoms with Gasteiger partial charge in [-0.2, -0.15) is 0 Å². The number of nitrogens with two attached hydrogens (primary N) is 1. The molecule has 1 aromatic carbocycles. The SMILES string of the molecule is Cc1ccccc1C[NH2+]CCCn1ccnc1. The Morgan fingerprint density at radius 2 is 2.18 bits per heavy atom. The van der Waals surface area contributed by atoms with Gasteiger partial charge in [-0.1, -0.05) is 24.3 Å². The minimum absolute atomic E-state index is 1.06. The monoisotopic (exact) mass is 230 g/mol. The molecule has 2 N–H and O–H groups in total. The topological polar surface area (TPSA) is 34.4 Å². The molecular weight excluding hydrogens is 210 g/mol. The average molecular weight is 230 g/mol. The van der Waals surface area contributed by atoms with E-state index in [1.165, 1.54) is 17.5 Å². The molecule has 0 aliphatic carbocycles. The Balaban J connectivity index is 1.65. The highest BCUT2D eigenvalue weighted by molar-refractivity contribution is 5.24. The minimum atomic E-state index is 1.06. The van der Waals surface area contributed by atoms with E-state index in [0.717, 1.165) is 19.6 Å². The fraction of sp³-hybridized carbons (Fsp3) is 0.357. The maximum Gasteiger partial charge on any atom is 0.101 e. The van der Waals surface area contributed by atoms with Gasteiger partial charge in [0.05, 0.1) is 12.9 Å². The van der Waals surface area contributed by atoms with Crippen LogP contribution in [0.1, 0.15) is 17.5 Å². The minimum Gasteiger partial charge on any atom is -0.342 e. The summed E-state index contributed by atoms with van der Waals surface area (Å²) >= 11 is 0. The van der Waals surface area contributed by atoms with E-state index in [9.17, 15) is 0 Å². The average Bonchev–Trinajstić information content (AvgIpc) is 2.84. The van der Waals surface area contributed by atoms with Gasteiger partial charge in [0, 0.05) is 30.9 Å². The third-order valence-electron chi connectivity index (χ3n) is 3.01. The van der Waals surface area contributed by atoms with Crippen LogP contribution in [0.15, 0.2) is 43.0 Å². The zero-order valence-corrected chi connectivity index (χ0v) is 10.3. The van der Waals surface area contributed by atoms with Gasteiger partial charge in [-0.05, 0) is 12.5 Å². The van der Waals surface area contributed by atoms with Gasteiger partial charge in [0.2, 0.25) is 0 Å². The molecule has 0 fully saturated rings. The number of benzene rings is 1. The van der Waals surface area contributed by atoms with Gasteiger partial charge in [-0.15, -0.1) is 0 Å². The molecule has 3 nitrogen and oxygen atoms in total. The largest absolute Gasteiger partial charge is 0.342 e. The zero-order valence-electron chi connectivity index (χ0n) is 10.3. The molecule has 1 heterocycles. The van der Waals surface area contributed by atoms with Crippen molar-refractivity contribution >= 4 is 0 Å². The molecule has 0 amide bonds. The maximum atomic E-state index is 4.03. The van der Waals surface area contributed by atoms with Gasteiger partial charge < -0.3 is 9.88 Å². The summed E-state index contributed by atoms with van der Waals surface area (Å²) in [5.41, 5.74) is 2.83. The van der Waals surface area contributed by atoms with Crippen molar-refractivity contribution in [1.82, 2.24) is 9.55 Å². The van der Waals surface area contributed by atoms with Gasteiger partial charge in [-0.3, -0.25) is 0 Å². The van der Waals surface area contributed by atoms with Gasteiger partial charge in [0.25, 0.3) is 0 Å². The highest BCUT2D eigenvalue weighted by Gasteiger charge is 1.98. The van der Waals surface area contributed by atoms with Crippen LogP contribution < -0.4 is 5.32 Å². The number of imidazole rings is 1. The number of aryl methyl sites for hydroxylation is 2. The van der Waals surface area contributed by atoms with Crippen LogP contribution >= 0.6 is 0 Å². The molecule has 0 aliphatic heterocycles. The smallest absolute Gasteiger partial charge is 0.101 e. The first-order valence-corrected chi connectivity index (χ1v) is 6.18. The van der Waals surface area contributed by atoms with Crippen LogP contribution in [-0.2, 0) is 13.1 Å². The lowest BCUT2D eigenvalue weighted by atomic mass is 10.1. The Hall–Kier alpha value is -1.61. The van der Waals surface area contributed by atoms with Crippen molar-refractivity contribution < 1.29 is 5.32 Å². The Labute approximate surface area is 103 Å². The van der Waals surface area contributed by atoms with Crippen molar-refractivity contribution in [3.05, 3.63) is 54.1 Å². The first kappa shape index (κ1) is 11.9. The predicted octanol–water partition coefficient (Wildman–Crippen LogP) is 1.35. The highest BCUT2D eigenvalue weighted by atomic mass is 15.0. The summed E-state index contributed by atoms with van der Waals surface area (Å²) in [6.45, 7) is 5.47. The van der Waals surface area contributed by atoms with E-state index in [0.29, 0.717) is 0 Å². The second-order valence-electron chi connectivity index (χ2n) is 4.36. The lowest BCUT2D eigenvalue weighted by Crippen LogP contribution is -2.82. The quantitative estimate of drug-likeness (QED) is 0.747. The first-order valence-electron chi connectivity index (χ1n) is 6.18. The van der Waals surface area contributed by atoms with E-state index >= 15 is 0 Å². The van der Waals surface area contributed by atoms with Crippen LogP contribution in [0.2, 0.25) is 0 Å². The number of hydrogen-bond acceptors (Lipinski definition) is 1. The molecule has 1 aromatic heterocycles. The fourth-order valence-corrected chi connectivity index (χ4v) is 1.93. The van der Waals surface area contributed by atoms with Gasteiger partial charge in [0.1, 0.15) is 6.54 Å². The molecule has 0 saturated heterocycles. The van der Waals surface area contributed by atoms with E-state index in [1.54, 1.807) is 0 Å². The molecule has 0 spiro atoms. The number of rotatable bonds is 6.